The number of nitrogens with zero attached hydrogens (tertiary/aromatic N) is 3. The minimum atomic E-state index is 0.0729. The van der Waals surface area contributed by atoms with Crippen LogP contribution in [0.3, 0.4) is 0 Å². The summed E-state index contributed by atoms with van der Waals surface area (Å²) in [5, 5.41) is 9.16. The fraction of sp³-hybridized carbons (Fsp3) is 0.727. The predicted octanol–water partition coefficient (Wildman–Crippen LogP) is 0.860. The maximum Gasteiger partial charge on any atom is 0.0949 e. The van der Waals surface area contributed by atoms with E-state index >= 15 is 0 Å². The highest BCUT2D eigenvalue weighted by Gasteiger charge is 2.39. The standard InChI is InChI=1S/C11H19N3O/c1-13(2)11(4-3-5-11)8-14-9-12-6-10(14)7-15/h6,9,15H,3-5,7-8H2,1-2H3. The molecule has 2 rings (SSSR count). The van der Waals surface area contributed by atoms with E-state index in [0.29, 0.717) is 0 Å². The number of aromatic nitrogens is 2. The number of likely N-dealkylation sites (N-methyl/N-ethyl adjacent to an activating group) is 1. The van der Waals surface area contributed by atoms with Crippen molar-refractivity contribution in [3.63, 3.8) is 0 Å². The highest BCUT2D eigenvalue weighted by atomic mass is 16.3. The van der Waals surface area contributed by atoms with Gasteiger partial charge in [0.2, 0.25) is 0 Å². The molecule has 84 valence electrons. The van der Waals surface area contributed by atoms with Gasteiger partial charge in [-0.3, -0.25) is 0 Å². The summed E-state index contributed by atoms with van der Waals surface area (Å²) in [5.41, 5.74) is 1.19. The third-order valence-electron chi connectivity index (χ3n) is 3.66. The van der Waals surface area contributed by atoms with Gasteiger partial charge in [0, 0.05) is 12.1 Å². The molecule has 0 spiro atoms. The number of rotatable bonds is 4. The van der Waals surface area contributed by atoms with Crippen LogP contribution in [0, 0.1) is 0 Å². The van der Waals surface area contributed by atoms with Crippen LogP contribution < -0.4 is 0 Å². The van der Waals surface area contributed by atoms with Gasteiger partial charge in [-0.2, -0.15) is 0 Å². The van der Waals surface area contributed by atoms with Gasteiger partial charge in [0.15, 0.2) is 0 Å². The summed E-state index contributed by atoms with van der Waals surface area (Å²) < 4.78 is 2.07. The summed E-state index contributed by atoms with van der Waals surface area (Å²) in [4.78, 5) is 6.38. The van der Waals surface area contributed by atoms with Gasteiger partial charge in [-0.25, -0.2) is 4.98 Å². The minimum absolute atomic E-state index is 0.0729. The molecule has 0 bridgehead atoms. The summed E-state index contributed by atoms with van der Waals surface area (Å²) >= 11 is 0. The quantitative estimate of drug-likeness (QED) is 0.799. The highest BCUT2D eigenvalue weighted by molar-refractivity contribution is 5.02. The van der Waals surface area contributed by atoms with Crippen molar-refractivity contribution < 1.29 is 5.11 Å². The molecule has 1 aromatic rings. The fourth-order valence-corrected chi connectivity index (χ4v) is 2.27. The predicted molar refractivity (Wildman–Crippen MR) is 58.4 cm³/mol. The van der Waals surface area contributed by atoms with E-state index in [-0.39, 0.29) is 12.1 Å². The van der Waals surface area contributed by atoms with Crippen molar-refractivity contribution in [2.24, 2.45) is 0 Å². The normalized spacial score (nSPS) is 19.2. The molecule has 0 amide bonds. The van der Waals surface area contributed by atoms with Crippen molar-refractivity contribution >= 4 is 0 Å². The zero-order valence-corrected chi connectivity index (χ0v) is 9.48. The van der Waals surface area contributed by atoms with E-state index in [0.717, 1.165) is 12.2 Å². The number of aliphatic hydroxyl groups excluding tert-OH is 1. The summed E-state index contributed by atoms with van der Waals surface area (Å²) in [6, 6.07) is 0. The lowest BCUT2D eigenvalue weighted by Crippen LogP contribution is -2.53. The third kappa shape index (κ3) is 1.79. The first-order chi connectivity index (χ1) is 7.18. The molecule has 15 heavy (non-hydrogen) atoms. The maximum absolute atomic E-state index is 9.16. The van der Waals surface area contributed by atoms with E-state index in [4.69, 9.17) is 5.11 Å². The van der Waals surface area contributed by atoms with Crippen molar-refractivity contribution in [3.05, 3.63) is 18.2 Å². The summed E-state index contributed by atoms with van der Waals surface area (Å²) in [7, 11) is 4.27. The van der Waals surface area contributed by atoms with Gasteiger partial charge in [-0.05, 0) is 33.4 Å². The Balaban J connectivity index is 2.13. The third-order valence-corrected chi connectivity index (χ3v) is 3.66. The van der Waals surface area contributed by atoms with E-state index in [1.807, 2.05) is 6.33 Å². The SMILES string of the molecule is CN(C)C1(Cn2cncc2CO)CCC1. The van der Waals surface area contributed by atoms with Crippen LogP contribution in [0.4, 0.5) is 0 Å². The number of hydrogen-bond donors (Lipinski definition) is 1. The lowest BCUT2D eigenvalue weighted by molar-refractivity contribution is 0.0407. The monoisotopic (exact) mass is 209 g/mol. The van der Waals surface area contributed by atoms with Crippen molar-refractivity contribution in [3.8, 4) is 0 Å². The molecule has 1 saturated carbocycles. The van der Waals surface area contributed by atoms with E-state index < -0.39 is 0 Å². The number of imidazole rings is 1. The Morgan fingerprint density at radius 2 is 2.27 bits per heavy atom. The Bertz CT molecular complexity index is 328. The number of aliphatic hydroxyl groups is 1. The van der Waals surface area contributed by atoms with Crippen LogP contribution in [0.5, 0.6) is 0 Å². The van der Waals surface area contributed by atoms with Crippen molar-refractivity contribution in [2.45, 2.75) is 38.0 Å². The minimum Gasteiger partial charge on any atom is -0.390 e. The molecule has 1 fully saturated rings. The lowest BCUT2D eigenvalue weighted by atomic mass is 9.75. The van der Waals surface area contributed by atoms with E-state index in [1.165, 1.54) is 19.3 Å². The van der Waals surface area contributed by atoms with Gasteiger partial charge in [-0.1, -0.05) is 0 Å². The molecule has 1 N–H and O–H groups in total. The Morgan fingerprint density at radius 3 is 2.73 bits per heavy atom. The Hall–Kier alpha value is -0.870. The van der Waals surface area contributed by atoms with Crippen LogP contribution in [0.2, 0.25) is 0 Å². The average Bonchev–Trinajstić information content (AvgIpc) is 2.57. The van der Waals surface area contributed by atoms with Gasteiger partial charge in [0.05, 0.1) is 24.8 Å². The first-order valence-corrected chi connectivity index (χ1v) is 5.45. The zero-order valence-electron chi connectivity index (χ0n) is 9.48. The molecule has 1 aliphatic rings. The highest BCUT2D eigenvalue weighted by Crippen LogP contribution is 2.37. The molecule has 1 aromatic heterocycles. The van der Waals surface area contributed by atoms with E-state index in [1.54, 1.807) is 6.20 Å². The van der Waals surface area contributed by atoms with Crippen molar-refractivity contribution in [1.82, 2.24) is 14.5 Å². The van der Waals surface area contributed by atoms with Gasteiger partial charge < -0.3 is 14.6 Å². The fourth-order valence-electron chi connectivity index (χ4n) is 2.27. The van der Waals surface area contributed by atoms with Gasteiger partial charge in [-0.15, -0.1) is 0 Å². The molecule has 0 atom stereocenters. The van der Waals surface area contributed by atoms with Crippen molar-refractivity contribution in [1.29, 1.82) is 0 Å². The maximum atomic E-state index is 9.16. The van der Waals surface area contributed by atoms with Crippen LogP contribution in [-0.2, 0) is 13.2 Å². The molecule has 0 aromatic carbocycles. The van der Waals surface area contributed by atoms with Crippen molar-refractivity contribution in [2.75, 3.05) is 14.1 Å². The van der Waals surface area contributed by atoms with E-state index in [2.05, 4.69) is 28.5 Å². The Morgan fingerprint density at radius 1 is 1.53 bits per heavy atom. The molecule has 0 unspecified atom stereocenters. The molecule has 0 aliphatic heterocycles. The first-order valence-electron chi connectivity index (χ1n) is 5.45. The summed E-state index contributed by atoms with van der Waals surface area (Å²) in [5.74, 6) is 0. The molecule has 1 heterocycles. The number of hydrogen-bond acceptors (Lipinski definition) is 3. The molecule has 0 radical (unpaired) electrons. The molecule has 4 nitrogen and oxygen atoms in total. The topological polar surface area (TPSA) is 41.3 Å². The second kappa shape index (κ2) is 3.94. The zero-order chi connectivity index (χ0) is 10.9. The van der Waals surface area contributed by atoms with Crippen LogP contribution in [-0.4, -0.2) is 39.2 Å². The van der Waals surface area contributed by atoms with Gasteiger partial charge in [0.25, 0.3) is 0 Å². The molecule has 1 aliphatic carbocycles. The van der Waals surface area contributed by atoms with E-state index in [9.17, 15) is 0 Å². The van der Waals surface area contributed by atoms with Crippen LogP contribution in [0.1, 0.15) is 25.0 Å². The van der Waals surface area contributed by atoms with Crippen LogP contribution >= 0.6 is 0 Å². The Kier molecular flexibility index (Phi) is 2.80. The second-order valence-electron chi connectivity index (χ2n) is 4.64. The summed E-state index contributed by atoms with van der Waals surface area (Å²) in [6.07, 6.45) is 7.34. The van der Waals surface area contributed by atoms with Gasteiger partial charge >= 0.3 is 0 Å². The molecule has 4 heteroatoms. The summed E-state index contributed by atoms with van der Waals surface area (Å²) in [6.45, 7) is 1.01. The Labute approximate surface area is 90.5 Å². The van der Waals surface area contributed by atoms with Crippen LogP contribution in [0.25, 0.3) is 0 Å². The molecular formula is C11H19N3O. The van der Waals surface area contributed by atoms with Crippen LogP contribution in [0.15, 0.2) is 12.5 Å². The smallest absolute Gasteiger partial charge is 0.0949 e. The molecule has 0 saturated heterocycles. The molecular weight excluding hydrogens is 190 g/mol. The van der Waals surface area contributed by atoms with Gasteiger partial charge in [0.1, 0.15) is 0 Å². The first kappa shape index (κ1) is 10.6. The second-order valence-corrected chi connectivity index (χ2v) is 4.64. The average molecular weight is 209 g/mol. The largest absolute Gasteiger partial charge is 0.390 e. The lowest BCUT2D eigenvalue weighted by Gasteiger charge is -2.47.